The van der Waals surface area contributed by atoms with Gasteiger partial charge in [-0.25, -0.2) is 26.1 Å². The summed E-state index contributed by atoms with van der Waals surface area (Å²) in [5.74, 6) is -1.08. The van der Waals surface area contributed by atoms with E-state index in [9.17, 15) is 34.6 Å². The molecule has 0 radical (unpaired) electrons. The Morgan fingerprint density at radius 1 is 1.09 bits per heavy atom. The van der Waals surface area contributed by atoms with E-state index in [2.05, 4.69) is 9.26 Å². The summed E-state index contributed by atoms with van der Waals surface area (Å²) >= 11 is 0. The predicted octanol–water partition coefficient (Wildman–Crippen LogP) is 1.95. The molecule has 0 amide bonds. The highest BCUT2D eigenvalue weighted by Crippen LogP contribution is 2.36. The molecule has 0 heterocycles. The molecule has 1 unspecified atom stereocenters. The van der Waals surface area contributed by atoms with Crippen molar-refractivity contribution in [3.8, 4) is 5.75 Å². The van der Waals surface area contributed by atoms with Gasteiger partial charge in [0.25, 0.3) is 0 Å². The van der Waals surface area contributed by atoms with Crippen molar-refractivity contribution in [1.82, 2.24) is 4.72 Å². The second-order valence-corrected chi connectivity index (χ2v) is 12.6. The first-order chi connectivity index (χ1) is 14.6. The summed E-state index contributed by atoms with van der Waals surface area (Å²) in [4.78, 5) is 17.3. The van der Waals surface area contributed by atoms with Gasteiger partial charge in [-0.05, 0) is 43.0 Å². The molecule has 0 bridgehead atoms. The van der Waals surface area contributed by atoms with Crippen molar-refractivity contribution >= 4 is 27.7 Å². The van der Waals surface area contributed by atoms with Crippen LogP contribution in [-0.2, 0) is 28.9 Å². The molecule has 1 aromatic rings. The topological polar surface area (TPSA) is 156 Å². The van der Waals surface area contributed by atoms with Crippen molar-refractivity contribution in [2.75, 3.05) is 18.9 Å². The number of hydrogen-bond donors (Lipinski definition) is 3. The van der Waals surface area contributed by atoms with Crippen molar-refractivity contribution in [1.29, 1.82) is 0 Å². The number of rotatable bonds is 11. The molecule has 184 valence electrons. The number of benzene rings is 1. The fourth-order valence-electron chi connectivity index (χ4n) is 3.22. The third-order valence-corrected chi connectivity index (χ3v) is 8.93. The van der Waals surface area contributed by atoms with Crippen LogP contribution in [0.2, 0.25) is 0 Å². The molecule has 10 nitrogen and oxygen atoms in total. The first-order valence-electron chi connectivity index (χ1n) is 9.34. The van der Waals surface area contributed by atoms with Gasteiger partial charge in [0.15, 0.2) is 9.84 Å². The number of hydrogen-bond acceptors (Lipinski definition) is 7. The lowest BCUT2D eigenvalue weighted by Gasteiger charge is -2.20. The first-order valence-corrected chi connectivity index (χ1v) is 14.1. The first kappa shape index (κ1) is 27.0. The molecule has 1 aromatic carbocycles. The fraction of sp³-hybridized carbons (Fsp3) is 0.625. The SMILES string of the molecule is O=P(O)(O)OCC(CNS(=O)(=O)c1ccc(OC(F)(F)F)cc1)S(=O)(=O)CC1CCCC1. The monoisotopic (exact) mass is 525 g/mol. The summed E-state index contributed by atoms with van der Waals surface area (Å²) in [6.07, 6.45) is -1.92. The zero-order valence-corrected chi connectivity index (χ0v) is 19.1. The van der Waals surface area contributed by atoms with Gasteiger partial charge in [0.1, 0.15) is 5.75 Å². The molecule has 0 saturated heterocycles. The molecule has 0 spiro atoms. The van der Waals surface area contributed by atoms with E-state index in [0.29, 0.717) is 12.8 Å². The second-order valence-electron chi connectivity index (χ2n) is 7.26. The molecule has 3 N–H and O–H groups in total. The third kappa shape index (κ3) is 8.96. The molecule has 1 saturated carbocycles. The predicted molar refractivity (Wildman–Crippen MR) is 106 cm³/mol. The van der Waals surface area contributed by atoms with E-state index in [-0.39, 0.29) is 11.7 Å². The molecule has 2 rings (SSSR count). The minimum absolute atomic E-state index is 0.143. The van der Waals surface area contributed by atoms with Crippen LogP contribution in [-0.4, -0.2) is 57.1 Å². The molecule has 1 aliphatic carbocycles. The van der Waals surface area contributed by atoms with E-state index in [1.165, 1.54) is 0 Å². The molecule has 1 aliphatic rings. The van der Waals surface area contributed by atoms with Crippen molar-refractivity contribution in [3.63, 3.8) is 0 Å². The largest absolute Gasteiger partial charge is 0.573 e. The number of sulfone groups is 1. The Bertz CT molecular complexity index is 1020. The van der Waals surface area contributed by atoms with Crippen LogP contribution in [0.4, 0.5) is 13.2 Å². The molecular formula is C16H23F3NO9PS2. The van der Waals surface area contributed by atoms with Gasteiger partial charge in [-0.2, -0.15) is 0 Å². The third-order valence-electron chi connectivity index (χ3n) is 4.75. The van der Waals surface area contributed by atoms with Gasteiger partial charge in [-0.3, -0.25) is 4.52 Å². The summed E-state index contributed by atoms with van der Waals surface area (Å²) in [6.45, 7) is -1.70. The van der Waals surface area contributed by atoms with Crippen LogP contribution in [0.5, 0.6) is 5.75 Å². The van der Waals surface area contributed by atoms with Gasteiger partial charge in [0, 0.05) is 6.54 Å². The molecular weight excluding hydrogens is 502 g/mol. The number of nitrogens with one attached hydrogen (secondary N) is 1. The molecule has 1 atom stereocenters. The van der Waals surface area contributed by atoms with Gasteiger partial charge < -0.3 is 14.5 Å². The Hall–Kier alpha value is -1.22. The van der Waals surface area contributed by atoms with E-state index in [4.69, 9.17) is 9.79 Å². The lowest BCUT2D eigenvalue weighted by Crippen LogP contribution is -2.41. The maximum Gasteiger partial charge on any atom is 0.573 e. The average Bonchev–Trinajstić information content (AvgIpc) is 3.11. The lowest BCUT2D eigenvalue weighted by molar-refractivity contribution is -0.274. The molecule has 1 fully saturated rings. The summed E-state index contributed by atoms with van der Waals surface area (Å²) in [5.41, 5.74) is 0. The number of alkyl halides is 3. The normalized spacial score (nSPS) is 17.4. The highest BCUT2D eigenvalue weighted by molar-refractivity contribution is 7.92. The molecule has 0 aromatic heterocycles. The Morgan fingerprint density at radius 3 is 2.16 bits per heavy atom. The fourth-order valence-corrected chi connectivity index (χ4v) is 6.76. The van der Waals surface area contributed by atoms with Gasteiger partial charge in [0.2, 0.25) is 10.0 Å². The Kier molecular flexibility index (Phi) is 8.76. The van der Waals surface area contributed by atoms with Crippen LogP contribution in [0.15, 0.2) is 29.2 Å². The molecule has 16 heteroatoms. The van der Waals surface area contributed by atoms with E-state index < -0.39 is 63.1 Å². The maximum absolute atomic E-state index is 12.7. The van der Waals surface area contributed by atoms with Crippen LogP contribution >= 0.6 is 7.82 Å². The van der Waals surface area contributed by atoms with Gasteiger partial charge in [0.05, 0.1) is 22.5 Å². The standard InChI is InChI=1S/C16H23F3NO9PS2/c17-16(18,19)29-13-5-7-14(8-6-13)32(26,27)20-9-15(10-28-30(21,22)23)31(24,25)11-12-3-1-2-4-12/h5-8,12,15,20H,1-4,9-11H2,(H2,21,22,23). The maximum atomic E-state index is 12.7. The summed E-state index contributed by atoms with van der Waals surface area (Å²) in [6, 6.07) is 3.20. The van der Waals surface area contributed by atoms with E-state index >= 15 is 0 Å². The quantitative estimate of drug-likeness (QED) is 0.368. The van der Waals surface area contributed by atoms with E-state index in [0.717, 1.165) is 37.1 Å². The number of ether oxygens (including phenoxy) is 1. The van der Waals surface area contributed by atoms with E-state index in [1.807, 2.05) is 4.72 Å². The minimum Gasteiger partial charge on any atom is -0.406 e. The smallest absolute Gasteiger partial charge is 0.406 e. The van der Waals surface area contributed by atoms with Crippen LogP contribution in [0.3, 0.4) is 0 Å². The van der Waals surface area contributed by atoms with E-state index in [1.54, 1.807) is 0 Å². The summed E-state index contributed by atoms with van der Waals surface area (Å²) < 4.78 is 108. The van der Waals surface area contributed by atoms with Crippen LogP contribution in [0, 0.1) is 5.92 Å². The van der Waals surface area contributed by atoms with Crippen molar-refractivity contribution < 1.29 is 53.6 Å². The number of phosphoric acid groups is 1. The molecule has 0 aliphatic heterocycles. The minimum atomic E-state index is -5.02. The number of sulfonamides is 1. The van der Waals surface area contributed by atoms with Crippen molar-refractivity contribution in [3.05, 3.63) is 24.3 Å². The zero-order chi connectivity index (χ0) is 24.2. The summed E-state index contributed by atoms with van der Waals surface area (Å²) in [7, 11) is -13.4. The van der Waals surface area contributed by atoms with Gasteiger partial charge >= 0.3 is 14.2 Å². The Morgan fingerprint density at radius 2 is 1.66 bits per heavy atom. The average molecular weight is 525 g/mol. The number of halogens is 3. The van der Waals surface area contributed by atoms with Crippen LogP contribution in [0.25, 0.3) is 0 Å². The molecule has 32 heavy (non-hydrogen) atoms. The van der Waals surface area contributed by atoms with Crippen LogP contribution < -0.4 is 9.46 Å². The van der Waals surface area contributed by atoms with Crippen molar-refractivity contribution in [2.24, 2.45) is 5.92 Å². The van der Waals surface area contributed by atoms with Gasteiger partial charge in [-0.1, -0.05) is 12.8 Å². The summed E-state index contributed by atoms with van der Waals surface area (Å²) in [5, 5.41) is -1.58. The lowest BCUT2D eigenvalue weighted by atomic mass is 10.1. The van der Waals surface area contributed by atoms with Gasteiger partial charge in [-0.15, -0.1) is 13.2 Å². The Balaban J connectivity index is 2.13. The number of phosphoric ester groups is 1. The highest BCUT2D eigenvalue weighted by atomic mass is 32.2. The Labute approximate surface area is 183 Å². The van der Waals surface area contributed by atoms with Crippen molar-refractivity contribution in [2.45, 2.75) is 42.2 Å². The van der Waals surface area contributed by atoms with Crippen LogP contribution in [0.1, 0.15) is 25.7 Å². The zero-order valence-electron chi connectivity index (χ0n) is 16.6. The second kappa shape index (κ2) is 10.4. The highest BCUT2D eigenvalue weighted by Gasteiger charge is 2.34.